The first-order valence-electron chi connectivity index (χ1n) is 6.76. The fourth-order valence-corrected chi connectivity index (χ4v) is 3.89. The summed E-state index contributed by atoms with van der Waals surface area (Å²) in [5, 5.41) is 0.383. The van der Waals surface area contributed by atoms with E-state index in [-0.39, 0.29) is 12.0 Å². The summed E-state index contributed by atoms with van der Waals surface area (Å²) in [6, 6.07) is -0.310. The first-order chi connectivity index (χ1) is 10.1. The quantitative estimate of drug-likeness (QED) is 0.868. The average molecular weight is 323 g/mol. The molecule has 2 atom stereocenters. The van der Waals surface area contributed by atoms with Crippen molar-refractivity contribution in [2.75, 3.05) is 0 Å². The van der Waals surface area contributed by atoms with Gasteiger partial charge in [-0.1, -0.05) is 42.0 Å². The number of aliphatic imine (C=N–C) groups is 1. The zero-order valence-corrected chi connectivity index (χ0v) is 12.8. The Morgan fingerprint density at radius 1 is 1.24 bits per heavy atom. The van der Waals surface area contributed by atoms with Gasteiger partial charge in [-0.05, 0) is 31.1 Å². The zero-order chi connectivity index (χ0) is 14.9. The Morgan fingerprint density at radius 3 is 2.86 bits per heavy atom. The number of rotatable bonds is 3. The SMILES string of the molecule is O=S(=O)(NC1=CC=CC2C=CC(Cl)=NC12)C1=CCCC=C1. The second-order valence-electron chi connectivity index (χ2n) is 5.03. The highest BCUT2D eigenvalue weighted by Gasteiger charge is 2.29. The maximum absolute atomic E-state index is 12.4. The van der Waals surface area contributed by atoms with Crippen LogP contribution in [0.25, 0.3) is 0 Å². The third-order valence-corrected chi connectivity index (χ3v) is 5.19. The molecule has 0 radical (unpaired) electrons. The van der Waals surface area contributed by atoms with E-state index in [1.165, 1.54) is 0 Å². The summed E-state index contributed by atoms with van der Waals surface area (Å²) in [5.74, 6) is 0.0334. The smallest absolute Gasteiger partial charge is 0.261 e. The van der Waals surface area contributed by atoms with Gasteiger partial charge in [-0.3, -0.25) is 9.71 Å². The minimum atomic E-state index is -3.57. The summed E-state index contributed by atoms with van der Waals surface area (Å²) in [4.78, 5) is 4.63. The van der Waals surface area contributed by atoms with Gasteiger partial charge in [0.2, 0.25) is 0 Å². The van der Waals surface area contributed by atoms with Crippen LogP contribution in [0.4, 0.5) is 0 Å². The Morgan fingerprint density at radius 2 is 2.10 bits per heavy atom. The van der Waals surface area contributed by atoms with Gasteiger partial charge in [0, 0.05) is 5.92 Å². The van der Waals surface area contributed by atoms with E-state index in [0.29, 0.717) is 15.8 Å². The van der Waals surface area contributed by atoms with Crippen molar-refractivity contribution in [3.63, 3.8) is 0 Å². The Labute approximate surface area is 129 Å². The number of dihydropyridines is 1. The molecule has 4 nitrogen and oxygen atoms in total. The number of fused-ring (bicyclic) bond motifs is 1. The fraction of sp³-hybridized carbons (Fsp3) is 0.267. The van der Waals surface area contributed by atoms with E-state index in [1.807, 2.05) is 24.3 Å². The van der Waals surface area contributed by atoms with Crippen molar-refractivity contribution in [2.45, 2.75) is 18.9 Å². The molecule has 0 saturated heterocycles. The standard InChI is InChI=1S/C15H15ClN2O2S/c16-14-10-9-11-5-4-8-13(15(11)17-14)18-21(19,20)12-6-2-1-3-7-12/h2,4-11,15,18H,1,3H2. The number of hydrogen-bond donors (Lipinski definition) is 1. The van der Waals surface area contributed by atoms with Gasteiger partial charge in [-0.2, -0.15) is 0 Å². The molecule has 0 saturated carbocycles. The zero-order valence-electron chi connectivity index (χ0n) is 11.2. The number of hydrogen-bond acceptors (Lipinski definition) is 3. The summed E-state index contributed by atoms with van der Waals surface area (Å²) in [6.45, 7) is 0. The fourth-order valence-electron chi connectivity index (χ4n) is 2.49. The Balaban J connectivity index is 1.86. The minimum absolute atomic E-state index is 0.0334. The van der Waals surface area contributed by atoms with Crippen molar-refractivity contribution in [2.24, 2.45) is 10.9 Å². The van der Waals surface area contributed by atoms with Crippen LogP contribution >= 0.6 is 11.6 Å². The Bertz CT molecular complexity index is 727. The van der Waals surface area contributed by atoms with Crippen LogP contribution in [0.5, 0.6) is 0 Å². The summed E-state index contributed by atoms with van der Waals surface area (Å²) >= 11 is 5.93. The van der Waals surface area contributed by atoms with Gasteiger partial charge in [0.1, 0.15) is 11.2 Å². The van der Waals surface area contributed by atoms with Crippen LogP contribution in [0.2, 0.25) is 0 Å². The molecule has 0 aromatic carbocycles. The lowest BCUT2D eigenvalue weighted by molar-refractivity contribution is 0.579. The predicted octanol–water partition coefficient (Wildman–Crippen LogP) is 2.79. The van der Waals surface area contributed by atoms with Crippen LogP contribution in [0.3, 0.4) is 0 Å². The molecular weight excluding hydrogens is 308 g/mol. The van der Waals surface area contributed by atoms with Gasteiger partial charge < -0.3 is 0 Å². The highest BCUT2D eigenvalue weighted by Crippen LogP contribution is 2.27. The molecule has 2 aliphatic carbocycles. The number of allylic oxidation sites excluding steroid dienone is 6. The summed E-state index contributed by atoms with van der Waals surface area (Å²) < 4.78 is 27.5. The number of sulfonamides is 1. The summed E-state index contributed by atoms with van der Waals surface area (Å²) in [7, 11) is -3.57. The van der Waals surface area contributed by atoms with Crippen LogP contribution in [0.15, 0.2) is 64.2 Å². The summed E-state index contributed by atoms with van der Waals surface area (Å²) in [6.07, 6.45) is 16.1. The summed E-state index contributed by atoms with van der Waals surface area (Å²) in [5.41, 5.74) is 0.546. The van der Waals surface area contributed by atoms with Gasteiger partial charge in [-0.25, -0.2) is 8.42 Å². The molecule has 110 valence electrons. The van der Waals surface area contributed by atoms with Gasteiger partial charge in [-0.15, -0.1) is 0 Å². The molecule has 0 aromatic heterocycles. The topological polar surface area (TPSA) is 58.5 Å². The molecule has 1 N–H and O–H groups in total. The van der Waals surface area contributed by atoms with Crippen molar-refractivity contribution in [1.29, 1.82) is 0 Å². The lowest BCUT2D eigenvalue weighted by atomic mass is 9.91. The number of nitrogens with one attached hydrogen (secondary N) is 1. The largest absolute Gasteiger partial charge is 0.281 e. The maximum atomic E-state index is 12.4. The molecule has 0 spiro atoms. The van der Waals surface area contributed by atoms with Crippen molar-refractivity contribution < 1.29 is 8.42 Å². The van der Waals surface area contributed by atoms with Gasteiger partial charge in [0.15, 0.2) is 0 Å². The van der Waals surface area contributed by atoms with Crippen molar-refractivity contribution in [3.05, 3.63) is 59.2 Å². The molecule has 3 rings (SSSR count). The molecule has 0 fully saturated rings. The maximum Gasteiger partial charge on any atom is 0.261 e. The van der Waals surface area contributed by atoms with Crippen molar-refractivity contribution in [3.8, 4) is 0 Å². The Hall–Kier alpha value is -1.59. The molecule has 0 aromatic rings. The highest BCUT2D eigenvalue weighted by atomic mass is 35.5. The molecule has 1 heterocycles. The average Bonchev–Trinajstić information content (AvgIpc) is 2.48. The van der Waals surface area contributed by atoms with E-state index in [9.17, 15) is 8.42 Å². The third kappa shape index (κ3) is 3.04. The molecule has 1 aliphatic heterocycles. The molecule has 21 heavy (non-hydrogen) atoms. The van der Waals surface area contributed by atoms with E-state index in [2.05, 4.69) is 9.71 Å². The first-order valence-corrected chi connectivity index (χ1v) is 8.62. The predicted molar refractivity (Wildman–Crippen MR) is 85.4 cm³/mol. The van der Waals surface area contributed by atoms with Crippen LogP contribution in [-0.4, -0.2) is 19.6 Å². The lowest BCUT2D eigenvalue weighted by Crippen LogP contribution is -2.35. The lowest BCUT2D eigenvalue weighted by Gasteiger charge is -2.27. The van der Waals surface area contributed by atoms with E-state index in [4.69, 9.17) is 11.6 Å². The molecule has 2 unspecified atom stereocenters. The third-order valence-electron chi connectivity index (χ3n) is 3.53. The normalized spacial score (nSPS) is 27.6. The van der Waals surface area contributed by atoms with Crippen LogP contribution in [0, 0.1) is 5.92 Å². The molecular formula is C15H15ClN2O2S. The van der Waals surface area contributed by atoms with E-state index in [1.54, 1.807) is 24.3 Å². The van der Waals surface area contributed by atoms with Crippen LogP contribution in [0.1, 0.15) is 12.8 Å². The van der Waals surface area contributed by atoms with E-state index >= 15 is 0 Å². The molecule has 3 aliphatic rings. The van der Waals surface area contributed by atoms with Crippen molar-refractivity contribution in [1.82, 2.24) is 4.72 Å². The second kappa shape index (κ2) is 5.66. The number of halogens is 1. The van der Waals surface area contributed by atoms with Crippen molar-refractivity contribution >= 4 is 26.8 Å². The molecule has 0 bridgehead atoms. The van der Waals surface area contributed by atoms with E-state index in [0.717, 1.165) is 12.8 Å². The molecule has 0 amide bonds. The first kappa shape index (κ1) is 14.4. The van der Waals surface area contributed by atoms with Gasteiger partial charge >= 0.3 is 0 Å². The highest BCUT2D eigenvalue weighted by molar-refractivity contribution is 7.93. The van der Waals surface area contributed by atoms with Crippen LogP contribution in [-0.2, 0) is 10.0 Å². The van der Waals surface area contributed by atoms with Gasteiger partial charge in [0.05, 0.1) is 10.6 Å². The van der Waals surface area contributed by atoms with E-state index < -0.39 is 10.0 Å². The van der Waals surface area contributed by atoms with Gasteiger partial charge in [0.25, 0.3) is 10.0 Å². The minimum Gasteiger partial charge on any atom is -0.281 e. The van der Waals surface area contributed by atoms with Crippen LogP contribution < -0.4 is 4.72 Å². The Kier molecular flexibility index (Phi) is 3.87. The second-order valence-corrected chi connectivity index (χ2v) is 7.10. The number of nitrogens with zero attached hydrogens (tertiary/aromatic N) is 1. The monoisotopic (exact) mass is 322 g/mol. The molecule has 6 heteroatoms.